The van der Waals surface area contributed by atoms with Crippen LogP contribution >= 0.6 is 0 Å². The molecule has 2 amide bonds. The van der Waals surface area contributed by atoms with E-state index in [1.807, 2.05) is 0 Å². The van der Waals surface area contributed by atoms with Crippen molar-refractivity contribution in [2.75, 3.05) is 20.1 Å². The zero-order valence-corrected chi connectivity index (χ0v) is 15.2. The fraction of sp³-hybridized carbons (Fsp3) is 0.350. The van der Waals surface area contributed by atoms with Crippen molar-refractivity contribution in [3.8, 4) is 0 Å². The van der Waals surface area contributed by atoms with Gasteiger partial charge in [-0.1, -0.05) is 37.6 Å². The lowest BCUT2D eigenvalue weighted by molar-refractivity contribution is 0.0787. The van der Waals surface area contributed by atoms with Crippen molar-refractivity contribution < 1.29 is 14.0 Å². The second-order valence-electron chi connectivity index (χ2n) is 6.09. The molecule has 0 saturated carbocycles. The summed E-state index contributed by atoms with van der Waals surface area (Å²) in [5.74, 6) is -0.880. The highest BCUT2D eigenvalue weighted by Crippen LogP contribution is 2.07. The van der Waals surface area contributed by atoms with Gasteiger partial charge in [-0.2, -0.15) is 0 Å². The Morgan fingerprint density at radius 2 is 1.85 bits per heavy atom. The standard InChI is InChI=1S/C20H24FN3O2/c1-3-4-14-24(2)20(26)18-11-7-10-17(23-18)19(25)22-13-12-15-8-5-6-9-16(15)21/h5-11H,3-4,12-14H2,1-2H3,(H,22,25). The molecule has 0 atom stereocenters. The van der Waals surface area contributed by atoms with Gasteiger partial charge in [0.25, 0.3) is 11.8 Å². The van der Waals surface area contributed by atoms with Crippen LogP contribution < -0.4 is 5.32 Å². The predicted octanol–water partition coefficient (Wildman–Crippen LogP) is 3.07. The third-order valence-corrected chi connectivity index (χ3v) is 4.03. The smallest absolute Gasteiger partial charge is 0.272 e. The summed E-state index contributed by atoms with van der Waals surface area (Å²) >= 11 is 0. The van der Waals surface area contributed by atoms with Crippen molar-refractivity contribution in [2.45, 2.75) is 26.2 Å². The van der Waals surface area contributed by atoms with E-state index in [0.29, 0.717) is 18.5 Å². The molecule has 0 aliphatic rings. The Labute approximate surface area is 153 Å². The molecule has 5 nitrogen and oxygen atoms in total. The summed E-state index contributed by atoms with van der Waals surface area (Å²) < 4.78 is 13.6. The lowest BCUT2D eigenvalue weighted by Gasteiger charge is -2.16. The maximum atomic E-state index is 13.6. The Balaban J connectivity index is 1.95. The molecule has 2 rings (SSSR count). The number of nitrogens with zero attached hydrogens (tertiary/aromatic N) is 2. The molecule has 6 heteroatoms. The van der Waals surface area contributed by atoms with Gasteiger partial charge in [0.1, 0.15) is 17.2 Å². The van der Waals surface area contributed by atoms with Gasteiger partial charge in [0, 0.05) is 20.1 Å². The van der Waals surface area contributed by atoms with Gasteiger partial charge in [0.2, 0.25) is 0 Å². The van der Waals surface area contributed by atoms with Crippen LogP contribution in [0.4, 0.5) is 4.39 Å². The number of aromatic nitrogens is 1. The van der Waals surface area contributed by atoms with E-state index < -0.39 is 0 Å². The van der Waals surface area contributed by atoms with Crippen molar-refractivity contribution in [2.24, 2.45) is 0 Å². The third-order valence-electron chi connectivity index (χ3n) is 4.03. The van der Waals surface area contributed by atoms with Crippen molar-refractivity contribution in [3.63, 3.8) is 0 Å². The van der Waals surface area contributed by atoms with E-state index in [4.69, 9.17) is 0 Å². The first-order valence-corrected chi connectivity index (χ1v) is 8.77. The number of unbranched alkanes of at least 4 members (excludes halogenated alkanes) is 1. The zero-order valence-electron chi connectivity index (χ0n) is 15.2. The lowest BCUT2D eigenvalue weighted by Crippen LogP contribution is -2.30. The summed E-state index contributed by atoms with van der Waals surface area (Å²) in [5.41, 5.74) is 0.959. The van der Waals surface area contributed by atoms with E-state index in [2.05, 4.69) is 17.2 Å². The highest BCUT2D eigenvalue weighted by atomic mass is 19.1. The molecule has 1 aromatic heterocycles. The average molecular weight is 357 g/mol. The fourth-order valence-electron chi connectivity index (χ4n) is 2.48. The zero-order chi connectivity index (χ0) is 18.9. The van der Waals surface area contributed by atoms with Crippen LogP contribution in [0.25, 0.3) is 0 Å². The molecule has 0 spiro atoms. The van der Waals surface area contributed by atoms with Crippen LogP contribution in [0.2, 0.25) is 0 Å². The molecule has 0 aliphatic heterocycles. The molecule has 0 saturated heterocycles. The third kappa shape index (κ3) is 5.37. The largest absolute Gasteiger partial charge is 0.350 e. The second-order valence-corrected chi connectivity index (χ2v) is 6.09. The van der Waals surface area contributed by atoms with Gasteiger partial charge in [-0.25, -0.2) is 9.37 Å². The van der Waals surface area contributed by atoms with Gasteiger partial charge in [-0.05, 0) is 36.6 Å². The van der Waals surface area contributed by atoms with E-state index >= 15 is 0 Å². The van der Waals surface area contributed by atoms with Crippen LogP contribution in [0.5, 0.6) is 0 Å². The number of carbonyl (C=O) groups excluding carboxylic acids is 2. The molecule has 1 aromatic carbocycles. The quantitative estimate of drug-likeness (QED) is 0.790. The lowest BCUT2D eigenvalue weighted by atomic mass is 10.1. The summed E-state index contributed by atoms with van der Waals surface area (Å²) in [5, 5.41) is 2.71. The molecule has 138 valence electrons. The van der Waals surface area contributed by atoms with Crippen LogP contribution in [0.3, 0.4) is 0 Å². The minimum atomic E-state index is -0.382. The van der Waals surface area contributed by atoms with E-state index in [9.17, 15) is 14.0 Å². The first-order valence-electron chi connectivity index (χ1n) is 8.77. The van der Waals surface area contributed by atoms with Crippen molar-refractivity contribution >= 4 is 11.8 Å². The molecule has 0 unspecified atom stereocenters. The number of hydrogen-bond donors (Lipinski definition) is 1. The summed E-state index contributed by atoms with van der Waals surface area (Å²) in [4.78, 5) is 30.4. The molecule has 0 fully saturated rings. The molecule has 1 N–H and O–H groups in total. The summed E-state index contributed by atoms with van der Waals surface area (Å²) in [6, 6.07) is 11.3. The van der Waals surface area contributed by atoms with Gasteiger partial charge in [-0.15, -0.1) is 0 Å². The van der Waals surface area contributed by atoms with E-state index in [1.165, 1.54) is 6.07 Å². The topological polar surface area (TPSA) is 62.3 Å². The van der Waals surface area contributed by atoms with E-state index in [0.717, 1.165) is 12.8 Å². The number of amides is 2. The molecule has 0 radical (unpaired) electrons. The van der Waals surface area contributed by atoms with Crippen LogP contribution in [0.1, 0.15) is 46.3 Å². The maximum absolute atomic E-state index is 13.6. The summed E-state index contributed by atoms with van der Waals surface area (Å²) in [7, 11) is 1.72. The Kier molecular flexibility index (Phi) is 7.26. The normalized spacial score (nSPS) is 10.4. The minimum absolute atomic E-state index is 0.174. The van der Waals surface area contributed by atoms with Gasteiger partial charge in [-0.3, -0.25) is 9.59 Å². The molecule has 0 bridgehead atoms. The Bertz CT molecular complexity index is 764. The van der Waals surface area contributed by atoms with Gasteiger partial charge in [0.15, 0.2) is 0 Å². The maximum Gasteiger partial charge on any atom is 0.272 e. The molecular weight excluding hydrogens is 333 g/mol. The number of nitrogens with one attached hydrogen (secondary N) is 1. The monoisotopic (exact) mass is 357 g/mol. The predicted molar refractivity (Wildman–Crippen MR) is 98.5 cm³/mol. The molecule has 0 aliphatic carbocycles. The summed E-state index contributed by atoms with van der Waals surface area (Å²) in [6.07, 6.45) is 2.30. The Morgan fingerprint density at radius 1 is 1.12 bits per heavy atom. The highest BCUT2D eigenvalue weighted by Gasteiger charge is 2.15. The number of pyridine rings is 1. The Hall–Kier alpha value is -2.76. The van der Waals surface area contributed by atoms with Crippen LogP contribution in [-0.4, -0.2) is 41.8 Å². The number of benzene rings is 1. The number of rotatable bonds is 8. The first-order chi connectivity index (χ1) is 12.5. The molecule has 26 heavy (non-hydrogen) atoms. The van der Waals surface area contributed by atoms with Gasteiger partial charge < -0.3 is 10.2 Å². The van der Waals surface area contributed by atoms with Crippen LogP contribution in [-0.2, 0) is 6.42 Å². The van der Waals surface area contributed by atoms with Gasteiger partial charge >= 0.3 is 0 Å². The molecular formula is C20H24FN3O2. The van der Waals surface area contributed by atoms with E-state index in [-0.39, 0.29) is 35.6 Å². The fourth-order valence-corrected chi connectivity index (χ4v) is 2.48. The SMILES string of the molecule is CCCCN(C)C(=O)c1cccc(C(=O)NCCc2ccccc2F)n1. The van der Waals surface area contributed by atoms with Crippen LogP contribution in [0, 0.1) is 5.82 Å². The summed E-state index contributed by atoms with van der Waals surface area (Å²) in [6.45, 7) is 2.99. The average Bonchev–Trinajstić information content (AvgIpc) is 2.67. The molecule has 2 aromatic rings. The van der Waals surface area contributed by atoms with Gasteiger partial charge in [0.05, 0.1) is 0 Å². The molecule has 1 heterocycles. The van der Waals surface area contributed by atoms with E-state index in [1.54, 1.807) is 48.3 Å². The number of halogens is 1. The van der Waals surface area contributed by atoms with Crippen LogP contribution in [0.15, 0.2) is 42.5 Å². The number of carbonyl (C=O) groups is 2. The highest BCUT2D eigenvalue weighted by molar-refractivity contribution is 5.96. The Morgan fingerprint density at radius 3 is 2.58 bits per heavy atom. The minimum Gasteiger partial charge on any atom is -0.350 e. The van der Waals surface area contributed by atoms with Crippen molar-refractivity contribution in [1.82, 2.24) is 15.2 Å². The van der Waals surface area contributed by atoms with Crippen molar-refractivity contribution in [1.29, 1.82) is 0 Å². The number of hydrogen-bond acceptors (Lipinski definition) is 3. The first kappa shape index (κ1) is 19.6. The second kappa shape index (κ2) is 9.65. The van der Waals surface area contributed by atoms with Crippen molar-refractivity contribution in [3.05, 3.63) is 65.2 Å².